The Hall–Kier alpha value is -0.940. The van der Waals surface area contributed by atoms with Gasteiger partial charge < -0.3 is 10.3 Å². The molecular weight excluding hydrogens is 226 g/mol. The number of rotatable bonds is 1. The highest BCUT2D eigenvalue weighted by Crippen LogP contribution is 2.32. The fourth-order valence-corrected chi connectivity index (χ4v) is 3.87. The lowest BCUT2D eigenvalue weighted by Crippen LogP contribution is -2.56. The van der Waals surface area contributed by atoms with Crippen molar-refractivity contribution in [2.45, 2.75) is 51.9 Å². The van der Waals surface area contributed by atoms with Crippen molar-refractivity contribution in [2.24, 2.45) is 17.6 Å². The van der Waals surface area contributed by atoms with Crippen molar-refractivity contribution in [3.05, 3.63) is 12.2 Å². The van der Waals surface area contributed by atoms with Gasteiger partial charge in [-0.15, -0.1) is 10.2 Å². The van der Waals surface area contributed by atoms with Crippen LogP contribution in [0.4, 0.5) is 0 Å². The van der Waals surface area contributed by atoms with Gasteiger partial charge in [-0.25, -0.2) is 0 Å². The summed E-state index contributed by atoms with van der Waals surface area (Å²) in [5, 5.41) is 8.19. The maximum absolute atomic E-state index is 6.40. The summed E-state index contributed by atoms with van der Waals surface area (Å²) < 4.78 is 2.15. The largest absolute Gasteiger partial charge is 0.326 e. The van der Waals surface area contributed by atoms with Crippen LogP contribution in [0.15, 0.2) is 6.33 Å². The number of nitrogens with zero attached hydrogens (tertiary/aromatic N) is 4. The molecule has 4 unspecified atom stereocenters. The van der Waals surface area contributed by atoms with Crippen molar-refractivity contribution in [3.8, 4) is 0 Å². The first-order valence-electron chi connectivity index (χ1n) is 7.01. The van der Waals surface area contributed by atoms with Crippen LogP contribution >= 0.6 is 0 Å². The fourth-order valence-electron chi connectivity index (χ4n) is 3.87. The van der Waals surface area contributed by atoms with Gasteiger partial charge >= 0.3 is 0 Å². The van der Waals surface area contributed by atoms with Gasteiger partial charge in [-0.1, -0.05) is 13.8 Å². The van der Waals surface area contributed by atoms with Gasteiger partial charge in [0.25, 0.3) is 0 Å². The summed E-state index contributed by atoms with van der Waals surface area (Å²) in [5.41, 5.74) is 6.40. The third-order valence-electron chi connectivity index (χ3n) is 4.56. The monoisotopic (exact) mass is 249 g/mol. The average molecular weight is 249 g/mol. The van der Waals surface area contributed by atoms with E-state index in [9.17, 15) is 0 Å². The minimum atomic E-state index is 0.304. The van der Waals surface area contributed by atoms with Gasteiger partial charge in [-0.3, -0.25) is 4.90 Å². The van der Waals surface area contributed by atoms with Crippen LogP contribution in [0, 0.1) is 11.8 Å². The second-order valence-electron chi connectivity index (χ2n) is 6.12. The quantitative estimate of drug-likeness (QED) is 0.802. The Morgan fingerprint density at radius 1 is 1.28 bits per heavy atom. The summed E-state index contributed by atoms with van der Waals surface area (Å²) in [4.78, 5) is 2.52. The van der Waals surface area contributed by atoms with Crippen LogP contribution in [0.2, 0.25) is 0 Å². The molecule has 0 spiro atoms. The van der Waals surface area contributed by atoms with E-state index in [0.717, 1.165) is 37.8 Å². The molecule has 0 radical (unpaired) electrons. The number of aromatic nitrogens is 3. The van der Waals surface area contributed by atoms with Gasteiger partial charge in [0.15, 0.2) is 0 Å². The molecule has 1 fully saturated rings. The zero-order valence-corrected chi connectivity index (χ0v) is 11.3. The standard InChI is InChI=1S/C13H23N5/c1-9-5-10(2)13(11(14)6-9)17-3-4-18-8-15-16-12(18)7-17/h8-11,13H,3-7,14H2,1-2H3. The normalized spacial score (nSPS) is 37.5. The van der Waals surface area contributed by atoms with Crippen molar-refractivity contribution >= 4 is 0 Å². The molecule has 0 bridgehead atoms. The number of hydrogen-bond donors (Lipinski definition) is 1. The van der Waals surface area contributed by atoms with E-state index in [2.05, 4.69) is 33.5 Å². The van der Waals surface area contributed by atoms with Crippen molar-refractivity contribution in [3.63, 3.8) is 0 Å². The third kappa shape index (κ3) is 2.06. The number of nitrogens with two attached hydrogens (primary N) is 1. The first-order chi connectivity index (χ1) is 8.65. The molecule has 1 saturated carbocycles. The van der Waals surface area contributed by atoms with E-state index in [1.54, 1.807) is 0 Å². The predicted octanol–water partition coefficient (Wildman–Crippen LogP) is 0.856. The van der Waals surface area contributed by atoms with Gasteiger partial charge in [0.05, 0.1) is 6.54 Å². The summed E-state index contributed by atoms with van der Waals surface area (Å²) >= 11 is 0. The molecular formula is C13H23N5. The van der Waals surface area contributed by atoms with E-state index in [1.807, 2.05) is 6.33 Å². The third-order valence-corrected chi connectivity index (χ3v) is 4.56. The summed E-state index contributed by atoms with van der Waals surface area (Å²) in [6.07, 6.45) is 4.28. The molecule has 1 aliphatic carbocycles. The minimum Gasteiger partial charge on any atom is -0.326 e. The average Bonchev–Trinajstić information content (AvgIpc) is 2.74. The zero-order chi connectivity index (χ0) is 12.7. The van der Waals surface area contributed by atoms with Gasteiger partial charge in [0, 0.05) is 25.2 Å². The molecule has 0 amide bonds. The lowest BCUT2D eigenvalue weighted by atomic mass is 9.76. The van der Waals surface area contributed by atoms with E-state index in [-0.39, 0.29) is 0 Å². The Balaban J connectivity index is 1.75. The molecule has 18 heavy (non-hydrogen) atoms. The first kappa shape index (κ1) is 12.1. The van der Waals surface area contributed by atoms with Crippen LogP contribution in [0.3, 0.4) is 0 Å². The van der Waals surface area contributed by atoms with Gasteiger partial charge in [0.2, 0.25) is 0 Å². The molecule has 2 heterocycles. The van der Waals surface area contributed by atoms with Gasteiger partial charge in [0.1, 0.15) is 12.2 Å². The summed E-state index contributed by atoms with van der Waals surface area (Å²) in [6.45, 7) is 7.63. The summed E-state index contributed by atoms with van der Waals surface area (Å²) in [6, 6.07) is 0.810. The Kier molecular flexibility index (Phi) is 3.11. The van der Waals surface area contributed by atoms with Crippen LogP contribution in [0.25, 0.3) is 0 Å². The Labute approximate surface area is 108 Å². The summed E-state index contributed by atoms with van der Waals surface area (Å²) in [7, 11) is 0. The van der Waals surface area contributed by atoms with Gasteiger partial charge in [-0.05, 0) is 24.7 Å². The molecule has 1 aromatic heterocycles. The first-order valence-corrected chi connectivity index (χ1v) is 7.01. The van der Waals surface area contributed by atoms with Crippen molar-refractivity contribution in [2.75, 3.05) is 6.54 Å². The second-order valence-corrected chi connectivity index (χ2v) is 6.12. The highest BCUT2D eigenvalue weighted by molar-refractivity contribution is 4.97. The molecule has 5 heteroatoms. The Morgan fingerprint density at radius 2 is 2.11 bits per heavy atom. The van der Waals surface area contributed by atoms with E-state index < -0.39 is 0 Å². The van der Waals surface area contributed by atoms with E-state index in [4.69, 9.17) is 5.73 Å². The fraction of sp³-hybridized carbons (Fsp3) is 0.846. The molecule has 4 atom stereocenters. The van der Waals surface area contributed by atoms with Crippen molar-refractivity contribution in [1.29, 1.82) is 0 Å². The highest BCUT2D eigenvalue weighted by Gasteiger charge is 2.37. The van der Waals surface area contributed by atoms with Crippen LogP contribution in [-0.2, 0) is 13.1 Å². The molecule has 0 aromatic carbocycles. The molecule has 3 rings (SSSR count). The molecule has 1 aromatic rings. The maximum atomic E-state index is 6.40. The topological polar surface area (TPSA) is 60.0 Å². The van der Waals surface area contributed by atoms with Crippen LogP contribution in [-0.4, -0.2) is 38.3 Å². The molecule has 2 aliphatic rings. The number of hydrogen-bond acceptors (Lipinski definition) is 4. The van der Waals surface area contributed by atoms with Crippen molar-refractivity contribution < 1.29 is 0 Å². The lowest BCUT2D eigenvalue weighted by Gasteiger charge is -2.45. The SMILES string of the molecule is CC1CC(C)C(N2CCn3cnnc3C2)C(N)C1. The Morgan fingerprint density at radius 3 is 2.89 bits per heavy atom. The zero-order valence-electron chi connectivity index (χ0n) is 11.3. The smallest absolute Gasteiger partial charge is 0.147 e. The Bertz CT molecular complexity index is 403. The molecule has 5 nitrogen and oxygen atoms in total. The predicted molar refractivity (Wildman–Crippen MR) is 69.8 cm³/mol. The molecule has 2 N–H and O–H groups in total. The summed E-state index contributed by atoms with van der Waals surface area (Å²) in [5.74, 6) is 2.53. The van der Waals surface area contributed by atoms with Crippen molar-refractivity contribution in [1.82, 2.24) is 19.7 Å². The van der Waals surface area contributed by atoms with Crippen LogP contribution in [0.5, 0.6) is 0 Å². The molecule has 1 aliphatic heterocycles. The second kappa shape index (κ2) is 4.63. The maximum Gasteiger partial charge on any atom is 0.147 e. The minimum absolute atomic E-state index is 0.304. The molecule has 0 saturated heterocycles. The van der Waals surface area contributed by atoms with Gasteiger partial charge in [-0.2, -0.15) is 0 Å². The van der Waals surface area contributed by atoms with Crippen LogP contribution in [0.1, 0.15) is 32.5 Å². The molecule has 100 valence electrons. The van der Waals surface area contributed by atoms with E-state index in [1.165, 1.54) is 6.42 Å². The highest BCUT2D eigenvalue weighted by atomic mass is 15.3. The number of fused-ring (bicyclic) bond motifs is 1. The van der Waals surface area contributed by atoms with Crippen LogP contribution < -0.4 is 5.73 Å². The van der Waals surface area contributed by atoms with E-state index >= 15 is 0 Å². The lowest BCUT2D eigenvalue weighted by molar-refractivity contribution is 0.0534. The van der Waals surface area contributed by atoms with E-state index in [0.29, 0.717) is 18.0 Å².